The van der Waals surface area contributed by atoms with Gasteiger partial charge in [0.1, 0.15) is 18.1 Å². The number of ether oxygens (including phenoxy) is 2. The molecule has 7 nitrogen and oxygen atoms in total. The summed E-state index contributed by atoms with van der Waals surface area (Å²) in [4.78, 5) is 13.0. The molecule has 1 unspecified atom stereocenters. The summed E-state index contributed by atoms with van der Waals surface area (Å²) in [5, 5.41) is 2.79. The van der Waals surface area contributed by atoms with Gasteiger partial charge in [-0.05, 0) is 55.3 Å². The van der Waals surface area contributed by atoms with Crippen LogP contribution in [0.25, 0.3) is 0 Å². The van der Waals surface area contributed by atoms with Crippen molar-refractivity contribution in [2.45, 2.75) is 24.8 Å². The number of anilines is 1. The van der Waals surface area contributed by atoms with Crippen LogP contribution in [0.4, 0.5) is 5.69 Å². The van der Waals surface area contributed by atoms with Crippen LogP contribution in [0.3, 0.4) is 0 Å². The number of nitrogens with one attached hydrogen (secondary N) is 1. The Hall–Kier alpha value is -3.52. The van der Waals surface area contributed by atoms with E-state index in [-0.39, 0.29) is 24.6 Å². The Balaban J connectivity index is 1.49. The maximum atomic E-state index is 13.4. The number of carbonyl (C=O) groups is 1. The van der Waals surface area contributed by atoms with Crippen molar-refractivity contribution in [3.8, 4) is 11.5 Å². The molecule has 8 heteroatoms. The van der Waals surface area contributed by atoms with Crippen molar-refractivity contribution in [2.24, 2.45) is 0 Å². The Bertz CT molecular complexity index is 1240. The molecule has 0 spiro atoms. The molecular weight excluding hydrogens is 440 g/mol. The lowest BCUT2D eigenvalue weighted by molar-refractivity contribution is -0.127. The van der Waals surface area contributed by atoms with E-state index in [2.05, 4.69) is 5.32 Å². The van der Waals surface area contributed by atoms with Gasteiger partial charge in [-0.25, -0.2) is 8.42 Å². The molecule has 0 saturated heterocycles. The van der Waals surface area contributed by atoms with Gasteiger partial charge in [0, 0.05) is 0 Å². The number of benzene rings is 3. The second-order valence-corrected chi connectivity index (χ2v) is 9.69. The molecule has 0 saturated carbocycles. The minimum atomic E-state index is -3.88. The fraction of sp³-hybridized carbons (Fsp3) is 0.240. The summed E-state index contributed by atoms with van der Waals surface area (Å²) >= 11 is 0. The predicted molar refractivity (Wildman–Crippen MR) is 126 cm³/mol. The minimum Gasteiger partial charge on any atom is -0.491 e. The molecule has 3 aromatic rings. The number of hydrogen-bond acceptors (Lipinski definition) is 5. The van der Waals surface area contributed by atoms with Gasteiger partial charge in [-0.3, -0.25) is 9.10 Å². The molecule has 1 N–H and O–H groups in total. The first-order chi connectivity index (χ1) is 15.9. The second-order valence-electron chi connectivity index (χ2n) is 7.83. The Morgan fingerprint density at radius 3 is 2.55 bits per heavy atom. The number of para-hydroxylation sites is 1. The predicted octanol–water partition coefficient (Wildman–Crippen LogP) is 3.45. The second kappa shape index (κ2) is 9.54. The Morgan fingerprint density at radius 1 is 1.06 bits per heavy atom. The van der Waals surface area contributed by atoms with Crippen LogP contribution in [0.15, 0.2) is 77.7 Å². The molecule has 0 aliphatic carbocycles. The van der Waals surface area contributed by atoms with Crippen LogP contribution in [0.1, 0.15) is 11.1 Å². The van der Waals surface area contributed by atoms with E-state index in [1.165, 1.54) is 16.4 Å². The zero-order valence-corrected chi connectivity index (χ0v) is 19.3. The number of nitrogens with zero attached hydrogens (tertiary/aromatic N) is 1. The number of aryl methyl sites for hydroxylation is 2. The molecular formula is C25H26N2O5S. The lowest BCUT2D eigenvalue weighted by Gasteiger charge is -2.35. The van der Waals surface area contributed by atoms with Gasteiger partial charge in [-0.2, -0.15) is 0 Å². The van der Waals surface area contributed by atoms with Gasteiger partial charge in [-0.15, -0.1) is 0 Å². The summed E-state index contributed by atoms with van der Waals surface area (Å²) in [6.45, 7) is 4.24. The first-order valence-corrected chi connectivity index (χ1v) is 12.1. The first kappa shape index (κ1) is 22.7. The van der Waals surface area contributed by atoms with Gasteiger partial charge in [-0.1, -0.05) is 42.5 Å². The van der Waals surface area contributed by atoms with E-state index in [0.717, 1.165) is 16.9 Å². The van der Waals surface area contributed by atoms with Crippen molar-refractivity contribution >= 4 is 21.6 Å². The number of carbonyl (C=O) groups excluding carboxylic acids is 1. The molecule has 1 amide bonds. The fourth-order valence-electron chi connectivity index (χ4n) is 3.61. The molecule has 1 heterocycles. The van der Waals surface area contributed by atoms with E-state index in [1.807, 2.05) is 44.2 Å². The molecule has 0 bridgehead atoms. The standard InChI is InChI=1S/C25H26N2O5S/c1-18-12-13-23-21(16-18)27(33(29,30)20-9-4-3-5-10-20)17-24(32-23)25(28)26-14-15-31-22-11-7-6-8-19(22)2/h3-13,16,24H,14-15,17H2,1-2H3,(H,26,28). The summed E-state index contributed by atoms with van der Waals surface area (Å²) in [6, 6.07) is 21.1. The minimum absolute atomic E-state index is 0.127. The Kier molecular flexibility index (Phi) is 6.55. The van der Waals surface area contributed by atoms with Crippen LogP contribution in [0.5, 0.6) is 11.5 Å². The monoisotopic (exact) mass is 466 g/mol. The van der Waals surface area contributed by atoms with E-state index in [4.69, 9.17) is 9.47 Å². The molecule has 1 atom stereocenters. The van der Waals surface area contributed by atoms with Gasteiger partial charge < -0.3 is 14.8 Å². The molecule has 4 rings (SSSR count). The summed E-state index contributed by atoms with van der Waals surface area (Å²) in [6.07, 6.45) is -0.989. The lowest BCUT2D eigenvalue weighted by Crippen LogP contribution is -2.51. The van der Waals surface area contributed by atoms with Crippen molar-refractivity contribution in [1.82, 2.24) is 5.32 Å². The summed E-state index contributed by atoms with van der Waals surface area (Å²) < 4.78 is 39.6. The number of sulfonamides is 1. The van der Waals surface area contributed by atoms with E-state index < -0.39 is 22.0 Å². The molecule has 0 fully saturated rings. The van der Waals surface area contributed by atoms with E-state index in [9.17, 15) is 13.2 Å². The average Bonchev–Trinajstić information content (AvgIpc) is 2.82. The average molecular weight is 467 g/mol. The van der Waals surface area contributed by atoms with Gasteiger partial charge in [0.15, 0.2) is 6.10 Å². The van der Waals surface area contributed by atoms with E-state index in [1.54, 1.807) is 30.3 Å². The van der Waals surface area contributed by atoms with Crippen LogP contribution in [-0.2, 0) is 14.8 Å². The van der Waals surface area contributed by atoms with Crippen molar-refractivity contribution in [1.29, 1.82) is 0 Å². The number of amides is 1. The van der Waals surface area contributed by atoms with Crippen LogP contribution in [-0.4, -0.2) is 40.1 Å². The number of hydrogen-bond donors (Lipinski definition) is 1. The highest BCUT2D eigenvalue weighted by Gasteiger charge is 2.37. The largest absolute Gasteiger partial charge is 0.491 e. The highest BCUT2D eigenvalue weighted by atomic mass is 32.2. The van der Waals surface area contributed by atoms with E-state index in [0.29, 0.717) is 11.4 Å². The van der Waals surface area contributed by atoms with Gasteiger partial charge in [0.05, 0.1) is 23.7 Å². The van der Waals surface area contributed by atoms with Gasteiger partial charge >= 0.3 is 0 Å². The van der Waals surface area contributed by atoms with Gasteiger partial charge in [0.2, 0.25) is 0 Å². The van der Waals surface area contributed by atoms with Gasteiger partial charge in [0.25, 0.3) is 15.9 Å². The molecule has 0 aromatic heterocycles. The number of rotatable bonds is 7. The normalized spacial score (nSPS) is 15.3. The first-order valence-electron chi connectivity index (χ1n) is 10.7. The van der Waals surface area contributed by atoms with Crippen LogP contribution < -0.4 is 19.1 Å². The smallest absolute Gasteiger partial charge is 0.264 e. The highest BCUT2D eigenvalue weighted by Crippen LogP contribution is 2.37. The van der Waals surface area contributed by atoms with Crippen molar-refractivity contribution in [2.75, 3.05) is 24.0 Å². The fourth-order valence-corrected chi connectivity index (χ4v) is 5.10. The zero-order chi connectivity index (χ0) is 23.4. The maximum absolute atomic E-state index is 13.4. The topological polar surface area (TPSA) is 84.9 Å². The number of fused-ring (bicyclic) bond motifs is 1. The molecule has 3 aromatic carbocycles. The molecule has 172 valence electrons. The van der Waals surface area contributed by atoms with Crippen LogP contribution in [0, 0.1) is 13.8 Å². The molecule has 0 radical (unpaired) electrons. The van der Waals surface area contributed by atoms with Crippen molar-refractivity contribution in [3.63, 3.8) is 0 Å². The lowest BCUT2D eigenvalue weighted by atomic mass is 10.1. The Labute approximate surface area is 194 Å². The summed E-state index contributed by atoms with van der Waals surface area (Å²) in [5.41, 5.74) is 2.32. The highest BCUT2D eigenvalue weighted by molar-refractivity contribution is 7.92. The quantitative estimate of drug-likeness (QED) is 0.539. The van der Waals surface area contributed by atoms with Crippen molar-refractivity contribution < 1.29 is 22.7 Å². The third kappa shape index (κ3) is 4.96. The zero-order valence-electron chi connectivity index (χ0n) is 18.5. The Morgan fingerprint density at radius 2 is 1.79 bits per heavy atom. The molecule has 1 aliphatic heterocycles. The van der Waals surface area contributed by atoms with Crippen molar-refractivity contribution in [3.05, 3.63) is 83.9 Å². The van der Waals surface area contributed by atoms with Crippen LogP contribution in [0.2, 0.25) is 0 Å². The summed E-state index contributed by atoms with van der Waals surface area (Å²) in [7, 11) is -3.88. The van der Waals surface area contributed by atoms with E-state index >= 15 is 0 Å². The maximum Gasteiger partial charge on any atom is 0.264 e. The SMILES string of the molecule is Cc1ccc2c(c1)N(S(=O)(=O)c1ccccc1)CC(C(=O)NCCOc1ccccc1C)O2. The molecule has 33 heavy (non-hydrogen) atoms. The third-order valence-corrected chi connectivity index (χ3v) is 7.15. The third-order valence-electron chi connectivity index (χ3n) is 5.36. The molecule has 1 aliphatic rings. The van der Waals surface area contributed by atoms with Crippen LogP contribution >= 0.6 is 0 Å². The summed E-state index contributed by atoms with van der Waals surface area (Å²) in [5.74, 6) is 0.704.